The lowest BCUT2D eigenvalue weighted by molar-refractivity contribution is -0.151. The number of carboxylic acid groups (broad SMARTS) is 1. The Balaban J connectivity index is 1.27. The number of hydrogen-bond donors (Lipinski definition) is 3. The summed E-state index contributed by atoms with van der Waals surface area (Å²) in [6.45, 7) is -0.00969. The van der Waals surface area contributed by atoms with Crippen LogP contribution >= 0.6 is 0 Å². The first-order chi connectivity index (χ1) is 21.4. The molecule has 218 valence electrons. The highest BCUT2D eigenvalue weighted by molar-refractivity contribution is 6.09. The largest absolute Gasteiger partial charge is 0.480 e. The number of carbonyl (C=O) groups is 3. The van der Waals surface area contributed by atoms with Crippen molar-refractivity contribution in [2.24, 2.45) is 11.8 Å². The fraction of sp³-hybridized carbons (Fsp3) is 0.167. The smallest absolute Gasteiger partial charge is 0.325 e. The van der Waals surface area contributed by atoms with Gasteiger partial charge in [-0.2, -0.15) is 0 Å². The Morgan fingerprint density at radius 1 is 0.864 bits per heavy atom. The Bertz CT molecular complexity index is 1880. The number of carboxylic acids is 1. The van der Waals surface area contributed by atoms with Gasteiger partial charge < -0.3 is 10.1 Å². The number of amides is 2. The minimum absolute atomic E-state index is 0.00969. The molecule has 2 aromatic heterocycles. The molecule has 0 bridgehead atoms. The van der Waals surface area contributed by atoms with Crippen molar-refractivity contribution in [3.63, 3.8) is 0 Å². The molecule has 3 aromatic carbocycles. The maximum atomic E-state index is 14.1. The summed E-state index contributed by atoms with van der Waals surface area (Å²) in [5, 5.41) is 15.1. The fourth-order valence-corrected chi connectivity index (χ4v) is 6.74. The van der Waals surface area contributed by atoms with Gasteiger partial charge in [0.2, 0.25) is 11.8 Å². The number of hydrogen-bond acceptors (Lipinski definition) is 5. The zero-order valence-corrected chi connectivity index (χ0v) is 23.8. The van der Waals surface area contributed by atoms with E-state index >= 15 is 0 Å². The molecule has 2 saturated heterocycles. The van der Waals surface area contributed by atoms with E-state index in [1.165, 1.54) is 4.90 Å². The molecule has 0 radical (unpaired) electrons. The molecule has 0 saturated carbocycles. The second kappa shape index (κ2) is 11.1. The molecule has 4 heterocycles. The van der Waals surface area contributed by atoms with Crippen LogP contribution in [0.25, 0.3) is 23.1 Å². The average Bonchev–Trinajstić information content (AvgIpc) is 3.70. The quantitative estimate of drug-likeness (QED) is 0.170. The zero-order valence-electron chi connectivity index (χ0n) is 23.8. The second-order valence-electron chi connectivity index (χ2n) is 11.4. The number of imide groups is 1. The number of benzene rings is 3. The Morgan fingerprint density at radius 2 is 1.57 bits per heavy atom. The highest BCUT2D eigenvalue weighted by atomic mass is 16.4. The highest BCUT2D eigenvalue weighted by Crippen LogP contribution is 2.50. The minimum Gasteiger partial charge on any atom is -0.480 e. The predicted molar refractivity (Wildman–Crippen MR) is 167 cm³/mol. The number of nitrogens with zero attached hydrogens (tertiary/aromatic N) is 2. The maximum Gasteiger partial charge on any atom is 0.325 e. The molecular weight excluding hydrogens is 552 g/mol. The Labute approximate surface area is 254 Å². The first-order valence-corrected chi connectivity index (χ1v) is 14.6. The Kier molecular flexibility index (Phi) is 6.91. The molecule has 8 nitrogen and oxygen atoms in total. The van der Waals surface area contributed by atoms with E-state index in [1.54, 1.807) is 30.6 Å². The van der Waals surface area contributed by atoms with Crippen LogP contribution in [0.5, 0.6) is 0 Å². The minimum atomic E-state index is -1.71. The topological polar surface area (TPSA) is 115 Å². The van der Waals surface area contributed by atoms with Crippen LogP contribution in [0.15, 0.2) is 109 Å². The third-order valence-electron chi connectivity index (χ3n) is 8.88. The molecule has 4 unspecified atom stereocenters. The van der Waals surface area contributed by atoms with Gasteiger partial charge >= 0.3 is 5.97 Å². The third kappa shape index (κ3) is 4.69. The lowest BCUT2D eigenvalue weighted by Crippen LogP contribution is -2.57. The van der Waals surface area contributed by atoms with E-state index < -0.39 is 41.2 Å². The summed E-state index contributed by atoms with van der Waals surface area (Å²) in [5.41, 5.74) is 3.27. The van der Waals surface area contributed by atoms with E-state index in [0.717, 1.165) is 33.2 Å². The van der Waals surface area contributed by atoms with Crippen LogP contribution in [-0.2, 0) is 27.3 Å². The summed E-state index contributed by atoms with van der Waals surface area (Å²) < 4.78 is 0. The summed E-state index contributed by atoms with van der Waals surface area (Å²) in [7, 11) is 0. The van der Waals surface area contributed by atoms with Crippen molar-refractivity contribution in [3.8, 4) is 0 Å². The normalized spacial score (nSPS) is 23.1. The van der Waals surface area contributed by atoms with E-state index in [-0.39, 0.29) is 13.0 Å². The molecule has 5 aromatic rings. The summed E-state index contributed by atoms with van der Waals surface area (Å²) in [5.74, 6) is -4.04. The van der Waals surface area contributed by atoms with Crippen LogP contribution in [0.2, 0.25) is 0 Å². The zero-order chi connectivity index (χ0) is 30.3. The first-order valence-electron chi connectivity index (χ1n) is 14.6. The molecule has 2 amide bonds. The molecule has 7 rings (SSSR count). The number of rotatable bonds is 8. The Morgan fingerprint density at radius 3 is 2.30 bits per heavy atom. The number of pyridine rings is 1. The third-order valence-corrected chi connectivity index (χ3v) is 8.88. The summed E-state index contributed by atoms with van der Waals surface area (Å²) in [6, 6.07) is 29.9. The summed E-state index contributed by atoms with van der Waals surface area (Å²) in [6.07, 6.45) is 7.45. The number of carbonyl (C=O) groups excluding carboxylic acids is 2. The molecule has 3 N–H and O–H groups in total. The molecule has 2 aliphatic heterocycles. The molecule has 4 atom stereocenters. The van der Waals surface area contributed by atoms with Gasteiger partial charge in [0.25, 0.3) is 0 Å². The van der Waals surface area contributed by atoms with Gasteiger partial charge in [-0.3, -0.25) is 29.6 Å². The first kappa shape index (κ1) is 27.5. The van der Waals surface area contributed by atoms with Gasteiger partial charge in [0.15, 0.2) is 0 Å². The number of aliphatic carboxylic acids is 1. The van der Waals surface area contributed by atoms with Gasteiger partial charge in [-0.05, 0) is 40.5 Å². The van der Waals surface area contributed by atoms with Crippen LogP contribution < -0.4 is 5.32 Å². The van der Waals surface area contributed by atoms with Crippen molar-refractivity contribution < 1.29 is 19.5 Å². The molecule has 0 aliphatic carbocycles. The highest BCUT2D eigenvalue weighted by Gasteiger charge is 2.68. The molecule has 2 fully saturated rings. The van der Waals surface area contributed by atoms with Crippen molar-refractivity contribution in [1.82, 2.24) is 20.2 Å². The molecule has 0 spiro atoms. The van der Waals surface area contributed by atoms with Crippen molar-refractivity contribution >= 4 is 40.8 Å². The van der Waals surface area contributed by atoms with Gasteiger partial charge in [-0.15, -0.1) is 0 Å². The molecular formula is C36H30N4O4. The molecule has 2 aliphatic rings. The lowest BCUT2D eigenvalue weighted by Gasteiger charge is -2.31. The van der Waals surface area contributed by atoms with E-state index in [4.69, 9.17) is 0 Å². The number of likely N-dealkylation sites (tertiary alicyclic amines) is 1. The SMILES string of the molecule is O=C1C2C(c3ccc(/C=C/c4ccccc4)cc3)NC(Cc3c[nH]c4ccccc34)(C(=O)O)C2C(=O)N1Cc1ccccn1. The van der Waals surface area contributed by atoms with Crippen LogP contribution in [0.3, 0.4) is 0 Å². The second-order valence-corrected chi connectivity index (χ2v) is 11.4. The van der Waals surface area contributed by atoms with Crippen molar-refractivity contribution in [3.05, 3.63) is 137 Å². The summed E-state index contributed by atoms with van der Waals surface area (Å²) in [4.78, 5) is 50.2. The van der Waals surface area contributed by atoms with Gasteiger partial charge in [0.1, 0.15) is 5.54 Å². The van der Waals surface area contributed by atoms with Gasteiger partial charge in [-0.25, -0.2) is 0 Å². The number of para-hydroxylation sites is 1. The van der Waals surface area contributed by atoms with Gasteiger partial charge in [0, 0.05) is 35.8 Å². The lowest BCUT2D eigenvalue weighted by atomic mass is 9.76. The number of aromatic amines is 1. The van der Waals surface area contributed by atoms with Crippen molar-refractivity contribution in [1.29, 1.82) is 0 Å². The van der Waals surface area contributed by atoms with Crippen LogP contribution in [0.4, 0.5) is 0 Å². The number of fused-ring (bicyclic) bond motifs is 2. The number of nitrogens with one attached hydrogen (secondary N) is 2. The maximum absolute atomic E-state index is 14.1. The molecule has 8 heteroatoms. The average molecular weight is 583 g/mol. The van der Waals surface area contributed by atoms with Crippen LogP contribution in [-0.4, -0.2) is 43.3 Å². The van der Waals surface area contributed by atoms with Gasteiger partial charge in [-0.1, -0.05) is 91.0 Å². The fourth-order valence-electron chi connectivity index (χ4n) is 6.74. The Hall–Kier alpha value is -5.34. The van der Waals surface area contributed by atoms with Crippen LogP contribution in [0, 0.1) is 11.8 Å². The monoisotopic (exact) mass is 582 g/mol. The summed E-state index contributed by atoms with van der Waals surface area (Å²) >= 11 is 0. The van der Waals surface area contributed by atoms with Crippen molar-refractivity contribution in [2.75, 3.05) is 0 Å². The number of aromatic nitrogens is 2. The van der Waals surface area contributed by atoms with E-state index in [1.807, 2.05) is 91.0 Å². The van der Waals surface area contributed by atoms with E-state index in [2.05, 4.69) is 15.3 Å². The predicted octanol–water partition coefficient (Wildman–Crippen LogP) is 5.25. The standard InChI is InChI=1S/C36H30N4O4/c41-33-30-31(34(42)40(33)22-27-10-6-7-19-37-27)36(35(43)44,20-26-21-38-29-12-5-4-11-28(26)29)39-32(30)25-17-15-24(16-18-25)14-13-23-8-2-1-3-9-23/h1-19,21,30-32,38-39H,20,22H2,(H,43,44)/b14-13+. The molecule has 44 heavy (non-hydrogen) atoms. The number of H-pyrrole nitrogens is 1. The van der Waals surface area contributed by atoms with Crippen LogP contribution in [0.1, 0.15) is 34.0 Å². The van der Waals surface area contributed by atoms with E-state index in [9.17, 15) is 19.5 Å². The van der Waals surface area contributed by atoms with E-state index in [0.29, 0.717) is 5.69 Å². The van der Waals surface area contributed by atoms with Gasteiger partial charge in [0.05, 0.1) is 24.1 Å². The van der Waals surface area contributed by atoms with Crippen molar-refractivity contribution in [2.45, 2.75) is 24.5 Å².